The number of carbonyl (C=O) groups is 1. The number of ether oxygens (including phenoxy) is 3. The van der Waals surface area contributed by atoms with Crippen molar-refractivity contribution in [3.05, 3.63) is 75.5 Å². The first-order valence-electron chi connectivity index (χ1n) is 10.4. The number of rotatable bonds is 7. The third kappa shape index (κ3) is 4.26. The number of nitrogens with zero attached hydrogens (tertiary/aromatic N) is 1. The second kappa shape index (κ2) is 9.43. The Labute approximate surface area is 187 Å². The minimum absolute atomic E-state index is 0.0244. The summed E-state index contributed by atoms with van der Waals surface area (Å²) in [4.78, 5) is 16.8. The van der Waals surface area contributed by atoms with Gasteiger partial charge in [0, 0.05) is 17.8 Å². The molecule has 1 amide bonds. The largest absolute Gasteiger partial charge is 0.493 e. The van der Waals surface area contributed by atoms with Crippen LogP contribution in [0.15, 0.2) is 53.9 Å². The van der Waals surface area contributed by atoms with Crippen LogP contribution < -0.4 is 14.2 Å². The fourth-order valence-corrected chi connectivity index (χ4v) is 5.16. The fourth-order valence-electron chi connectivity index (χ4n) is 4.25. The summed E-state index contributed by atoms with van der Waals surface area (Å²) in [6.45, 7) is 0.737. The second-order valence-electron chi connectivity index (χ2n) is 7.48. The smallest absolute Gasteiger partial charge is 0.223 e. The molecule has 0 saturated carbocycles. The first kappa shape index (κ1) is 21.2. The summed E-state index contributed by atoms with van der Waals surface area (Å²) < 4.78 is 16.3. The van der Waals surface area contributed by atoms with Crippen molar-refractivity contribution in [3.63, 3.8) is 0 Å². The molecule has 1 aromatic heterocycles. The zero-order valence-electron chi connectivity index (χ0n) is 18.1. The predicted molar refractivity (Wildman–Crippen MR) is 122 cm³/mol. The number of hydrogen-bond acceptors (Lipinski definition) is 5. The Morgan fingerprint density at radius 2 is 1.74 bits per heavy atom. The number of carbonyl (C=O) groups excluding carboxylic acids is 1. The Hall–Kier alpha value is -2.99. The lowest BCUT2D eigenvalue weighted by atomic mass is 9.92. The van der Waals surface area contributed by atoms with Crippen molar-refractivity contribution in [2.75, 3.05) is 27.9 Å². The summed E-state index contributed by atoms with van der Waals surface area (Å²) in [5.74, 6) is 1.92. The molecule has 31 heavy (non-hydrogen) atoms. The summed E-state index contributed by atoms with van der Waals surface area (Å²) >= 11 is 1.78. The van der Waals surface area contributed by atoms with Gasteiger partial charge < -0.3 is 19.1 Å². The molecule has 0 bridgehead atoms. The predicted octanol–water partition coefficient (Wildman–Crippen LogP) is 4.88. The lowest BCUT2D eigenvalue weighted by Crippen LogP contribution is -2.40. The number of benzene rings is 2. The Morgan fingerprint density at radius 3 is 2.39 bits per heavy atom. The lowest BCUT2D eigenvalue weighted by Gasteiger charge is -2.36. The summed E-state index contributed by atoms with van der Waals surface area (Å²) in [5.41, 5.74) is 3.39. The van der Waals surface area contributed by atoms with Gasteiger partial charge in [-0.2, -0.15) is 0 Å². The number of methoxy groups -OCH3 is 3. The average molecular weight is 438 g/mol. The molecule has 162 valence electrons. The van der Waals surface area contributed by atoms with Crippen molar-refractivity contribution in [2.45, 2.75) is 25.3 Å². The molecule has 0 radical (unpaired) electrons. The molecule has 1 atom stereocenters. The minimum Gasteiger partial charge on any atom is -0.493 e. The Bertz CT molecular complexity index is 1020. The minimum atomic E-state index is -0.0244. The molecular weight excluding hydrogens is 410 g/mol. The summed E-state index contributed by atoms with van der Waals surface area (Å²) in [7, 11) is 4.79. The molecule has 4 rings (SSSR count). The number of amides is 1. The maximum atomic E-state index is 13.4. The van der Waals surface area contributed by atoms with E-state index in [-0.39, 0.29) is 11.9 Å². The summed E-state index contributed by atoms with van der Waals surface area (Å²) in [6.07, 6.45) is 1.93. The van der Waals surface area contributed by atoms with Crippen LogP contribution in [0.25, 0.3) is 0 Å². The lowest BCUT2D eigenvalue weighted by molar-refractivity contribution is -0.133. The quantitative estimate of drug-likeness (QED) is 0.529. The molecular formula is C25H27NO4S. The SMILES string of the molecule is COc1cc(CCC(=O)N2CCc3sccc3C2c2ccccc2)cc(OC)c1OC. The van der Waals surface area contributed by atoms with E-state index < -0.39 is 0 Å². The van der Waals surface area contributed by atoms with Crippen LogP contribution in [0, 0.1) is 0 Å². The summed E-state index contributed by atoms with van der Waals surface area (Å²) in [5, 5.41) is 2.13. The van der Waals surface area contributed by atoms with Crippen LogP contribution in [0.4, 0.5) is 0 Å². The van der Waals surface area contributed by atoms with E-state index in [4.69, 9.17) is 14.2 Å². The van der Waals surface area contributed by atoms with Gasteiger partial charge in [0.15, 0.2) is 11.5 Å². The van der Waals surface area contributed by atoms with Crippen LogP contribution in [-0.2, 0) is 17.6 Å². The Morgan fingerprint density at radius 1 is 1.03 bits per heavy atom. The number of thiophene rings is 1. The molecule has 2 aromatic carbocycles. The number of aryl methyl sites for hydroxylation is 1. The van der Waals surface area contributed by atoms with Crippen LogP contribution >= 0.6 is 11.3 Å². The molecule has 0 spiro atoms. The molecule has 5 nitrogen and oxygen atoms in total. The Kier molecular flexibility index (Phi) is 6.47. The molecule has 0 fully saturated rings. The third-order valence-electron chi connectivity index (χ3n) is 5.75. The van der Waals surface area contributed by atoms with E-state index in [0.29, 0.717) is 30.1 Å². The van der Waals surface area contributed by atoms with Gasteiger partial charge in [0.05, 0.1) is 27.4 Å². The van der Waals surface area contributed by atoms with E-state index in [1.54, 1.807) is 32.7 Å². The molecule has 2 heterocycles. The summed E-state index contributed by atoms with van der Waals surface area (Å²) in [6, 6.07) is 16.3. The van der Waals surface area contributed by atoms with Gasteiger partial charge in [0.2, 0.25) is 11.7 Å². The topological polar surface area (TPSA) is 48.0 Å². The van der Waals surface area contributed by atoms with Gasteiger partial charge in [-0.25, -0.2) is 0 Å². The number of fused-ring (bicyclic) bond motifs is 1. The van der Waals surface area contributed by atoms with Crippen molar-refractivity contribution in [1.82, 2.24) is 4.90 Å². The maximum absolute atomic E-state index is 13.4. The highest BCUT2D eigenvalue weighted by molar-refractivity contribution is 7.10. The van der Waals surface area contributed by atoms with Gasteiger partial charge in [0.1, 0.15) is 0 Å². The molecule has 1 aliphatic heterocycles. The number of hydrogen-bond donors (Lipinski definition) is 0. The first-order valence-corrected chi connectivity index (χ1v) is 11.2. The van der Waals surface area contributed by atoms with Crippen LogP contribution in [0.1, 0.15) is 34.0 Å². The average Bonchev–Trinajstić information content (AvgIpc) is 3.30. The standard InChI is InChI=1S/C25H27NO4S/c1-28-20-15-17(16-21(29-2)25(20)30-3)9-10-23(27)26-13-11-22-19(12-14-31-22)24(26)18-7-5-4-6-8-18/h4-8,12,14-16,24H,9-11,13H2,1-3H3. The zero-order chi connectivity index (χ0) is 21.8. The van der Waals surface area contributed by atoms with Crippen LogP contribution in [0.5, 0.6) is 17.2 Å². The van der Waals surface area contributed by atoms with E-state index in [2.05, 4.69) is 23.6 Å². The zero-order valence-corrected chi connectivity index (χ0v) is 18.9. The van der Waals surface area contributed by atoms with Crippen LogP contribution in [0.2, 0.25) is 0 Å². The van der Waals surface area contributed by atoms with Gasteiger partial charge in [0.25, 0.3) is 0 Å². The molecule has 1 aliphatic rings. The van der Waals surface area contributed by atoms with E-state index in [1.165, 1.54) is 10.4 Å². The normalized spacial score (nSPS) is 15.3. The van der Waals surface area contributed by atoms with Crippen LogP contribution in [-0.4, -0.2) is 38.7 Å². The van der Waals surface area contributed by atoms with E-state index in [1.807, 2.05) is 35.2 Å². The van der Waals surface area contributed by atoms with Gasteiger partial charge >= 0.3 is 0 Å². The highest BCUT2D eigenvalue weighted by Crippen LogP contribution is 2.40. The highest BCUT2D eigenvalue weighted by Gasteiger charge is 2.32. The van der Waals surface area contributed by atoms with Crippen molar-refractivity contribution >= 4 is 17.2 Å². The molecule has 0 aliphatic carbocycles. The second-order valence-corrected chi connectivity index (χ2v) is 8.48. The van der Waals surface area contributed by atoms with Gasteiger partial charge in [-0.15, -0.1) is 11.3 Å². The van der Waals surface area contributed by atoms with E-state index >= 15 is 0 Å². The molecule has 3 aromatic rings. The molecule has 0 saturated heterocycles. The third-order valence-corrected chi connectivity index (χ3v) is 6.75. The van der Waals surface area contributed by atoms with Crippen molar-refractivity contribution in [2.24, 2.45) is 0 Å². The van der Waals surface area contributed by atoms with E-state index in [9.17, 15) is 4.79 Å². The molecule has 6 heteroatoms. The van der Waals surface area contributed by atoms with Crippen molar-refractivity contribution < 1.29 is 19.0 Å². The van der Waals surface area contributed by atoms with Crippen LogP contribution in [0.3, 0.4) is 0 Å². The van der Waals surface area contributed by atoms with Gasteiger partial charge in [-0.3, -0.25) is 4.79 Å². The van der Waals surface area contributed by atoms with E-state index in [0.717, 1.165) is 24.1 Å². The van der Waals surface area contributed by atoms with Gasteiger partial charge in [-0.05, 0) is 53.1 Å². The maximum Gasteiger partial charge on any atom is 0.223 e. The monoisotopic (exact) mass is 437 g/mol. The van der Waals surface area contributed by atoms with Crippen molar-refractivity contribution in [1.29, 1.82) is 0 Å². The first-order chi connectivity index (χ1) is 15.2. The van der Waals surface area contributed by atoms with Gasteiger partial charge in [-0.1, -0.05) is 30.3 Å². The molecule has 0 N–H and O–H groups in total. The fraction of sp³-hybridized carbons (Fsp3) is 0.320. The molecule has 1 unspecified atom stereocenters. The Balaban J connectivity index is 1.56. The highest BCUT2D eigenvalue weighted by atomic mass is 32.1. The van der Waals surface area contributed by atoms with Crippen molar-refractivity contribution in [3.8, 4) is 17.2 Å².